The second-order valence-electron chi connectivity index (χ2n) is 4.81. The molecule has 1 aliphatic carbocycles. The Labute approximate surface area is 107 Å². The standard InChI is InChI=1S/C14H20BrN/c1-16-13-7-4-5-11(10-13)9-12-6-2-3-8-14(12)15/h2-3,6,8,11,13,16H,4-5,7,9-10H2,1H3. The van der Waals surface area contributed by atoms with E-state index in [1.165, 1.54) is 42.1 Å². The van der Waals surface area contributed by atoms with Crippen LogP contribution in [0.4, 0.5) is 0 Å². The molecule has 0 spiro atoms. The highest BCUT2D eigenvalue weighted by Gasteiger charge is 2.21. The second kappa shape index (κ2) is 5.83. The van der Waals surface area contributed by atoms with E-state index in [2.05, 4.69) is 52.6 Å². The minimum absolute atomic E-state index is 0.737. The van der Waals surface area contributed by atoms with Crippen molar-refractivity contribution in [2.75, 3.05) is 7.05 Å². The molecule has 2 unspecified atom stereocenters. The van der Waals surface area contributed by atoms with Gasteiger partial charge < -0.3 is 5.32 Å². The van der Waals surface area contributed by atoms with Crippen LogP contribution in [-0.4, -0.2) is 13.1 Å². The van der Waals surface area contributed by atoms with Gasteiger partial charge in [0.15, 0.2) is 0 Å². The van der Waals surface area contributed by atoms with E-state index in [9.17, 15) is 0 Å². The van der Waals surface area contributed by atoms with Gasteiger partial charge in [-0.05, 0) is 43.9 Å². The third-order valence-corrected chi connectivity index (χ3v) is 4.43. The lowest BCUT2D eigenvalue weighted by atomic mass is 9.82. The summed E-state index contributed by atoms with van der Waals surface area (Å²) in [5, 5.41) is 3.42. The van der Waals surface area contributed by atoms with Crippen molar-refractivity contribution in [2.24, 2.45) is 5.92 Å². The summed E-state index contributed by atoms with van der Waals surface area (Å²) < 4.78 is 1.27. The van der Waals surface area contributed by atoms with Crippen LogP contribution in [0, 0.1) is 5.92 Å². The summed E-state index contributed by atoms with van der Waals surface area (Å²) in [6, 6.07) is 9.35. The zero-order chi connectivity index (χ0) is 11.4. The van der Waals surface area contributed by atoms with E-state index in [-0.39, 0.29) is 0 Å². The average molecular weight is 282 g/mol. The van der Waals surface area contributed by atoms with Crippen molar-refractivity contribution in [3.8, 4) is 0 Å². The Kier molecular flexibility index (Phi) is 4.42. The Bertz CT molecular complexity index is 337. The van der Waals surface area contributed by atoms with Crippen molar-refractivity contribution in [1.29, 1.82) is 0 Å². The van der Waals surface area contributed by atoms with Crippen LogP contribution >= 0.6 is 15.9 Å². The zero-order valence-electron chi connectivity index (χ0n) is 9.88. The van der Waals surface area contributed by atoms with E-state index >= 15 is 0 Å². The molecule has 1 aromatic carbocycles. The van der Waals surface area contributed by atoms with Gasteiger partial charge >= 0.3 is 0 Å². The van der Waals surface area contributed by atoms with Crippen LogP contribution in [-0.2, 0) is 6.42 Å². The molecule has 2 rings (SSSR count). The molecule has 2 atom stereocenters. The Balaban J connectivity index is 1.97. The van der Waals surface area contributed by atoms with Crippen LogP contribution in [0.1, 0.15) is 31.2 Å². The lowest BCUT2D eigenvalue weighted by molar-refractivity contribution is 0.294. The third-order valence-electron chi connectivity index (χ3n) is 3.66. The van der Waals surface area contributed by atoms with Gasteiger partial charge in [0.1, 0.15) is 0 Å². The van der Waals surface area contributed by atoms with Gasteiger partial charge in [-0.25, -0.2) is 0 Å². The van der Waals surface area contributed by atoms with Gasteiger partial charge in [0, 0.05) is 10.5 Å². The van der Waals surface area contributed by atoms with Crippen molar-refractivity contribution in [1.82, 2.24) is 5.32 Å². The summed E-state index contributed by atoms with van der Waals surface area (Å²) >= 11 is 3.64. The molecule has 0 aliphatic heterocycles. The van der Waals surface area contributed by atoms with E-state index in [0.29, 0.717) is 0 Å². The quantitative estimate of drug-likeness (QED) is 0.890. The molecule has 1 aliphatic rings. The number of rotatable bonds is 3. The van der Waals surface area contributed by atoms with Gasteiger partial charge in [-0.3, -0.25) is 0 Å². The van der Waals surface area contributed by atoms with E-state index in [1.807, 2.05) is 0 Å². The van der Waals surface area contributed by atoms with Gasteiger partial charge in [-0.15, -0.1) is 0 Å². The maximum atomic E-state index is 3.64. The Morgan fingerprint density at radius 1 is 1.31 bits per heavy atom. The van der Waals surface area contributed by atoms with Gasteiger partial charge in [0.2, 0.25) is 0 Å². The topological polar surface area (TPSA) is 12.0 Å². The number of halogens is 1. The molecule has 2 heteroatoms. The molecule has 1 nitrogen and oxygen atoms in total. The first-order chi connectivity index (χ1) is 7.79. The summed E-state index contributed by atoms with van der Waals surface area (Å²) in [4.78, 5) is 0. The van der Waals surface area contributed by atoms with Crippen LogP contribution < -0.4 is 5.32 Å². The molecule has 1 N–H and O–H groups in total. The van der Waals surface area contributed by atoms with Crippen molar-refractivity contribution in [3.05, 3.63) is 34.3 Å². The van der Waals surface area contributed by atoms with Crippen molar-refractivity contribution >= 4 is 15.9 Å². The van der Waals surface area contributed by atoms with Crippen LogP contribution in [0.3, 0.4) is 0 Å². The van der Waals surface area contributed by atoms with Crippen molar-refractivity contribution in [3.63, 3.8) is 0 Å². The van der Waals surface area contributed by atoms with Gasteiger partial charge in [-0.1, -0.05) is 47.0 Å². The molecule has 0 aromatic heterocycles. The van der Waals surface area contributed by atoms with Gasteiger partial charge in [0.05, 0.1) is 0 Å². The summed E-state index contributed by atoms with van der Waals surface area (Å²) in [7, 11) is 2.09. The van der Waals surface area contributed by atoms with E-state index in [0.717, 1.165) is 12.0 Å². The molecule has 16 heavy (non-hydrogen) atoms. The van der Waals surface area contributed by atoms with E-state index in [1.54, 1.807) is 0 Å². The highest BCUT2D eigenvalue weighted by Crippen LogP contribution is 2.29. The highest BCUT2D eigenvalue weighted by atomic mass is 79.9. The zero-order valence-corrected chi connectivity index (χ0v) is 11.5. The number of hydrogen-bond acceptors (Lipinski definition) is 1. The molecule has 1 fully saturated rings. The van der Waals surface area contributed by atoms with E-state index < -0.39 is 0 Å². The van der Waals surface area contributed by atoms with Gasteiger partial charge in [-0.2, -0.15) is 0 Å². The highest BCUT2D eigenvalue weighted by molar-refractivity contribution is 9.10. The first kappa shape index (κ1) is 12.1. The Morgan fingerprint density at radius 2 is 2.12 bits per heavy atom. The molecular formula is C14H20BrN. The SMILES string of the molecule is CNC1CCCC(Cc2ccccc2Br)C1. The first-order valence-electron chi connectivity index (χ1n) is 6.20. The van der Waals surface area contributed by atoms with Crippen LogP contribution in [0.15, 0.2) is 28.7 Å². The number of nitrogens with one attached hydrogen (secondary N) is 1. The second-order valence-corrected chi connectivity index (χ2v) is 5.67. The molecule has 1 aromatic rings. The largest absolute Gasteiger partial charge is 0.317 e. The molecule has 0 bridgehead atoms. The Morgan fingerprint density at radius 3 is 2.88 bits per heavy atom. The summed E-state index contributed by atoms with van der Waals surface area (Å²) in [5.74, 6) is 0.852. The summed E-state index contributed by atoms with van der Waals surface area (Å²) in [5.41, 5.74) is 1.46. The molecule has 0 radical (unpaired) electrons. The fraction of sp³-hybridized carbons (Fsp3) is 0.571. The fourth-order valence-electron chi connectivity index (χ4n) is 2.71. The molecule has 88 valence electrons. The number of benzene rings is 1. The fourth-order valence-corrected chi connectivity index (χ4v) is 3.16. The van der Waals surface area contributed by atoms with Crippen molar-refractivity contribution < 1.29 is 0 Å². The maximum Gasteiger partial charge on any atom is 0.0207 e. The molecular weight excluding hydrogens is 262 g/mol. The minimum atomic E-state index is 0.737. The van der Waals surface area contributed by atoms with Crippen LogP contribution in [0.2, 0.25) is 0 Å². The first-order valence-corrected chi connectivity index (χ1v) is 6.99. The summed E-state index contributed by atoms with van der Waals surface area (Å²) in [6.45, 7) is 0. The third kappa shape index (κ3) is 3.08. The monoisotopic (exact) mass is 281 g/mol. The maximum absolute atomic E-state index is 3.64. The lowest BCUT2D eigenvalue weighted by Gasteiger charge is -2.29. The van der Waals surface area contributed by atoms with E-state index in [4.69, 9.17) is 0 Å². The normalized spacial score (nSPS) is 25.6. The average Bonchev–Trinajstić information content (AvgIpc) is 2.32. The number of hydrogen-bond donors (Lipinski definition) is 1. The van der Waals surface area contributed by atoms with Gasteiger partial charge in [0.25, 0.3) is 0 Å². The molecule has 0 heterocycles. The van der Waals surface area contributed by atoms with Crippen molar-refractivity contribution in [2.45, 2.75) is 38.1 Å². The smallest absolute Gasteiger partial charge is 0.0207 e. The summed E-state index contributed by atoms with van der Waals surface area (Å²) in [6.07, 6.45) is 6.67. The molecule has 1 saturated carbocycles. The minimum Gasteiger partial charge on any atom is -0.317 e. The van der Waals surface area contributed by atoms with Crippen LogP contribution in [0.5, 0.6) is 0 Å². The Hall–Kier alpha value is -0.340. The predicted octanol–water partition coefficient (Wildman–Crippen LogP) is 3.77. The van der Waals surface area contributed by atoms with Crippen LogP contribution in [0.25, 0.3) is 0 Å². The lowest BCUT2D eigenvalue weighted by Crippen LogP contribution is -2.31. The predicted molar refractivity (Wildman–Crippen MR) is 72.7 cm³/mol. The molecule has 0 amide bonds. The molecule has 0 saturated heterocycles.